The van der Waals surface area contributed by atoms with Crippen molar-refractivity contribution in [3.8, 4) is 11.3 Å². The summed E-state index contributed by atoms with van der Waals surface area (Å²) in [5.41, 5.74) is 0.839. The van der Waals surface area contributed by atoms with Crippen LogP contribution in [0.2, 0.25) is 5.02 Å². The summed E-state index contributed by atoms with van der Waals surface area (Å²) in [5, 5.41) is 0.487. The van der Waals surface area contributed by atoms with Gasteiger partial charge in [-0.15, -0.1) is 0 Å². The van der Waals surface area contributed by atoms with E-state index >= 15 is 0 Å². The molecule has 0 spiro atoms. The second-order valence-corrected chi connectivity index (χ2v) is 3.19. The van der Waals surface area contributed by atoms with E-state index in [2.05, 4.69) is 11.1 Å². The van der Waals surface area contributed by atoms with Crippen LogP contribution in [-0.2, 0) is 0 Å². The minimum atomic E-state index is -0.343. The van der Waals surface area contributed by atoms with Crippen LogP contribution < -0.4 is 0 Å². The van der Waals surface area contributed by atoms with Crippen LogP contribution in [0.25, 0.3) is 11.3 Å². The van der Waals surface area contributed by atoms with Crippen molar-refractivity contribution in [3.63, 3.8) is 0 Å². The highest BCUT2D eigenvalue weighted by Crippen LogP contribution is 2.23. The summed E-state index contributed by atoms with van der Waals surface area (Å²) in [6.45, 7) is 0. The summed E-state index contributed by atoms with van der Waals surface area (Å²) in [6, 6.07) is 10.6. The Balaban J connectivity index is 2.57. The van der Waals surface area contributed by atoms with E-state index in [0.717, 1.165) is 0 Å². The van der Waals surface area contributed by atoms with Gasteiger partial charge in [0.25, 0.3) is 0 Å². The van der Waals surface area contributed by atoms with E-state index in [9.17, 15) is 4.39 Å². The molecule has 1 aromatic carbocycles. The predicted octanol–water partition coefficient (Wildman–Crippen LogP) is 3.34. The molecule has 2 rings (SSSR count). The fourth-order valence-electron chi connectivity index (χ4n) is 1.15. The summed E-state index contributed by atoms with van der Waals surface area (Å²) in [5.74, 6) is -0.343. The molecular formula is C11H6ClFN. The molecule has 0 atom stereocenters. The molecule has 0 saturated heterocycles. The van der Waals surface area contributed by atoms with Crippen LogP contribution in [0.5, 0.6) is 0 Å². The van der Waals surface area contributed by atoms with Gasteiger partial charge in [0.15, 0.2) is 0 Å². The molecule has 0 N–H and O–H groups in total. The first kappa shape index (κ1) is 9.16. The van der Waals surface area contributed by atoms with E-state index in [1.54, 1.807) is 18.3 Å². The molecule has 1 heterocycles. The normalized spacial score (nSPS) is 10.1. The largest absolute Gasteiger partial charge is 0.255 e. The maximum Gasteiger partial charge on any atom is 0.132 e. The van der Waals surface area contributed by atoms with E-state index in [1.165, 1.54) is 18.2 Å². The van der Waals surface area contributed by atoms with E-state index in [-0.39, 0.29) is 5.82 Å². The van der Waals surface area contributed by atoms with Gasteiger partial charge < -0.3 is 0 Å². The third-order valence-electron chi connectivity index (χ3n) is 1.79. The summed E-state index contributed by atoms with van der Waals surface area (Å²) in [6.07, 6.45) is 1.59. The number of aromatic nitrogens is 1. The Morgan fingerprint density at radius 3 is 2.93 bits per heavy atom. The number of rotatable bonds is 1. The highest BCUT2D eigenvalue weighted by atomic mass is 35.5. The molecule has 0 unspecified atom stereocenters. The van der Waals surface area contributed by atoms with Gasteiger partial charge in [-0.3, -0.25) is 4.98 Å². The molecule has 2 aromatic rings. The third kappa shape index (κ3) is 1.75. The zero-order valence-corrected chi connectivity index (χ0v) is 7.92. The number of halogens is 2. The molecule has 0 bridgehead atoms. The van der Waals surface area contributed by atoms with Crippen LogP contribution in [-0.4, -0.2) is 4.98 Å². The lowest BCUT2D eigenvalue weighted by atomic mass is 10.1. The molecule has 0 amide bonds. The minimum Gasteiger partial charge on any atom is -0.255 e. The molecule has 14 heavy (non-hydrogen) atoms. The van der Waals surface area contributed by atoms with E-state index in [1.807, 2.05) is 0 Å². The molecule has 1 radical (unpaired) electrons. The van der Waals surface area contributed by atoms with Gasteiger partial charge in [0.05, 0.1) is 5.69 Å². The quantitative estimate of drug-likeness (QED) is 0.698. The Bertz CT molecular complexity index is 442. The molecule has 3 heteroatoms. The van der Waals surface area contributed by atoms with E-state index in [0.29, 0.717) is 16.3 Å². The van der Waals surface area contributed by atoms with Gasteiger partial charge in [-0.2, -0.15) is 0 Å². The van der Waals surface area contributed by atoms with Gasteiger partial charge in [0.1, 0.15) is 5.82 Å². The lowest BCUT2D eigenvalue weighted by Crippen LogP contribution is -1.86. The molecule has 1 nitrogen and oxygen atoms in total. The Morgan fingerprint density at radius 1 is 1.36 bits per heavy atom. The van der Waals surface area contributed by atoms with Crippen molar-refractivity contribution in [3.05, 3.63) is 53.4 Å². The highest BCUT2D eigenvalue weighted by molar-refractivity contribution is 6.30. The van der Waals surface area contributed by atoms with Gasteiger partial charge in [-0.05, 0) is 24.3 Å². The van der Waals surface area contributed by atoms with E-state index < -0.39 is 0 Å². The predicted molar refractivity (Wildman–Crippen MR) is 53.5 cm³/mol. The van der Waals surface area contributed by atoms with Gasteiger partial charge in [-0.25, -0.2) is 4.39 Å². The van der Waals surface area contributed by atoms with Crippen molar-refractivity contribution in [2.75, 3.05) is 0 Å². The zero-order chi connectivity index (χ0) is 9.97. The second-order valence-electron chi connectivity index (χ2n) is 2.75. The highest BCUT2D eigenvalue weighted by Gasteiger charge is 2.06. The first-order valence-corrected chi connectivity index (χ1v) is 4.43. The van der Waals surface area contributed by atoms with Crippen LogP contribution in [0.15, 0.2) is 36.5 Å². The van der Waals surface area contributed by atoms with Crippen molar-refractivity contribution in [2.24, 2.45) is 0 Å². The Labute approximate surface area is 86.2 Å². The first-order valence-electron chi connectivity index (χ1n) is 4.05. The number of benzene rings is 1. The molecule has 1 aromatic heterocycles. The van der Waals surface area contributed by atoms with Crippen LogP contribution in [0.1, 0.15) is 0 Å². The number of hydrogen-bond acceptors (Lipinski definition) is 1. The number of nitrogens with zero attached hydrogens (tertiary/aromatic N) is 1. The minimum absolute atomic E-state index is 0.343. The van der Waals surface area contributed by atoms with Gasteiger partial charge in [0, 0.05) is 22.8 Å². The maximum absolute atomic E-state index is 13.3. The van der Waals surface area contributed by atoms with Gasteiger partial charge >= 0.3 is 0 Å². The summed E-state index contributed by atoms with van der Waals surface area (Å²) in [4.78, 5) is 4.00. The number of pyridine rings is 1. The molecular weight excluding hydrogens is 201 g/mol. The molecule has 69 valence electrons. The molecule has 0 fully saturated rings. The smallest absolute Gasteiger partial charge is 0.132 e. The average Bonchev–Trinajstić information content (AvgIpc) is 2.23. The lowest BCUT2D eigenvalue weighted by Gasteiger charge is -2.01. The second kappa shape index (κ2) is 3.76. The Hall–Kier alpha value is -1.41. The monoisotopic (exact) mass is 206 g/mol. The maximum atomic E-state index is 13.3. The van der Waals surface area contributed by atoms with Crippen LogP contribution in [0.4, 0.5) is 4.39 Å². The number of hydrogen-bond donors (Lipinski definition) is 0. The fourth-order valence-corrected chi connectivity index (χ4v) is 1.32. The first-order chi connectivity index (χ1) is 6.77. The van der Waals surface area contributed by atoms with Crippen LogP contribution in [0.3, 0.4) is 0 Å². The average molecular weight is 207 g/mol. The summed E-state index contributed by atoms with van der Waals surface area (Å²) < 4.78 is 13.3. The van der Waals surface area contributed by atoms with Crippen molar-refractivity contribution in [2.45, 2.75) is 0 Å². The fraction of sp³-hybridized carbons (Fsp3) is 0. The Kier molecular flexibility index (Phi) is 2.46. The van der Waals surface area contributed by atoms with E-state index in [4.69, 9.17) is 11.6 Å². The van der Waals surface area contributed by atoms with Crippen molar-refractivity contribution >= 4 is 11.6 Å². The standard InChI is InChI=1S/C11H6ClFN/c12-8-4-5-10(13)9(7-8)11-3-1-2-6-14-11/h1-2,4-7H. The van der Waals surface area contributed by atoms with Crippen molar-refractivity contribution in [1.82, 2.24) is 4.98 Å². The van der Waals surface area contributed by atoms with Crippen LogP contribution in [0, 0.1) is 11.9 Å². The molecule has 0 aliphatic rings. The SMILES string of the molecule is Fc1ccc(Cl)cc1-c1[c]cccn1. The summed E-state index contributed by atoms with van der Waals surface area (Å²) in [7, 11) is 0. The van der Waals surface area contributed by atoms with Gasteiger partial charge in [0.2, 0.25) is 0 Å². The molecule has 0 aliphatic carbocycles. The van der Waals surface area contributed by atoms with Crippen molar-refractivity contribution in [1.29, 1.82) is 0 Å². The van der Waals surface area contributed by atoms with Crippen LogP contribution >= 0.6 is 11.6 Å². The van der Waals surface area contributed by atoms with Gasteiger partial charge in [-0.1, -0.05) is 17.7 Å². The topological polar surface area (TPSA) is 12.9 Å². The Morgan fingerprint density at radius 2 is 2.21 bits per heavy atom. The zero-order valence-electron chi connectivity index (χ0n) is 7.17. The third-order valence-corrected chi connectivity index (χ3v) is 2.02. The molecule has 0 saturated carbocycles. The summed E-state index contributed by atoms with van der Waals surface area (Å²) >= 11 is 5.76. The lowest BCUT2D eigenvalue weighted by molar-refractivity contribution is 0.630. The van der Waals surface area contributed by atoms with Crippen molar-refractivity contribution < 1.29 is 4.39 Å². The molecule has 0 aliphatic heterocycles.